The third-order valence-electron chi connectivity index (χ3n) is 3.20. The standard InChI is InChI=1S/C11H15N3O5/c1-5-2-14(11(18)13-9(5)12)10-6(3-15)8(17)7(4-16)19-10/h2-3,6-8,10,16-17H,4H2,1H3,(H2,12,13,18)/t6-,7+,8+,10+/m0/s1. The average Bonchev–Trinajstić information content (AvgIpc) is 2.70. The summed E-state index contributed by atoms with van der Waals surface area (Å²) < 4.78 is 6.44. The van der Waals surface area contributed by atoms with Crippen molar-refractivity contribution >= 4 is 12.1 Å². The van der Waals surface area contributed by atoms with Crippen LogP contribution in [0.15, 0.2) is 11.0 Å². The van der Waals surface area contributed by atoms with Crippen LogP contribution in [0.4, 0.5) is 5.82 Å². The molecule has 19 heavy (non-hydrogen) atoms. The van der Waals surface area contributed by atoms with Gasteiger partial charge in [0.25, 0.3) is 0 Å². The summed E-state index contributed by atoms with van der Waals surface area (Å²) >= 11 is 0. The van der Waals surface area contributed by atoms with E-state index in [1.165, 1.54) is 6.20 Å². The zero-order valence-corrected chi connectivity index (χ0v) is 10.3. The smallest absolute Gasteiger partial charge is 0.351 e. The Kier molecular flexibility index (Phi) is 3.65. The van der Waals surface area contributed by atoms with Gasteiger partial charge in [-0.25, -0.2) is 4.79 Å². The summed E-state index contributed by atoms with van der Waals surface area (Å²) in [7, 11) is 0. The number of aryl methyl sites for hydroxylation is 1. The molecule has 0 saturated carbocycles. The summed E-state index contributed by atoms with van der Waals surface area (Å²) in [6, 6.07) is 0. The second-order valence-corrected chi connectivity index (χ2v) is 4.45. The molecule has 4 N–H and O–H groups in total. The van der Waals surface area contributed by atoms with E-state index in [9.17, 15) is 14.7 Å². The van der Waals surface area contributed by atoms with Crippen molar-refractivity contribution in [3.63, 3.8) is 0 Å². The van der Waals surface area contributed by atoms with Gasteiger partial charge in [0.2, 0.25) is 0 Å². The van der Waals surface area contributed by atoms with Crippen molar-refractivity contribution in [2.45, 2.75) is 25.4 Å². The van der Waals surface area contributed by atoms with E-state index >= 15 is 0 Å². The predicted octanol–water partition coefficient (Wildman–Crippen LogP) is -1.80. The number of rotatable bonds is 3. The molecule has 0 amide bonds. The number of ether oxygens (including phenoxy) is 1. The molecule has 0 unspecified atom stereocenters. The number of aromatic nitrogens is 2. The zero-order valence-electron chi connectivity index (χ0n) is 10.3. The SMILES string of the molecule is Cc1cn([C@@H]2O[C@H](CO)[C@H](O)[C@@H]2C=O)c(=O)nc1N. The van der Waals surface area contributed by atoms with Gasteiger partial charge in [-0.1, -0.05) is 0 Å². The normalized spacial score (nSPS) is 30.5. The number of nitrogen functional groups attached to an aromatic ring is 1. The number of aliphatic hydroxyl groups excluding tert-OH is 2. The fourth-order valence-corrected chi connectivity index (χ4v) is 2.08. The Labute approximate surface area is 108 Å². The molecule has 104 valence electrons. The molecular weight excluding hydrogens is 254 g/mol. The van der Waals surface area contributed by atoms with Crippen molar-refractivity contribution in [1.29, 1.82) is 0 Å². The summed E-state index contributed by atoms with van der Waals surface area (Å²) in [4.78, 5) is 26.4. The van der Waals surface area contributed by atoms with Crippen molar-refractivity contribution in [3.05, 3.63) is 22.2 Å². The molecule has 8 heteroatoms. The molecular formula is C11H15N3O5. The van der Waals surface area contributed by atoms with Crippen molar-refractivity contribution in [3.8, 4) is 0 Å². The second-order valence-electron chi connectivity index (χ2n) is 4.45. The Morgan fingerprint density at radius 2 is 2.32 bits per heavy atom. The molecule has 1 aliphatic rings. The van der Waals surface area contributed by atoms with Crippen molar-refractivity contribution in [2.75, 3.05) is 12.3 Å². The lowest BCUT2D eigenvalue weighted by atomic mass is 10.0. The molecule has 2 rings (SSSR count). The maximum absolute atomic E-state index is 11.8. The van der Waals surface area contributed by atoms with Crippen LogP contribution in [0, 0.1) is 12.8 Å². The van der Waals surface area contributed by atoms with Crippen LogP contribution in [0.25, 0.3) is 0 Å². The molecule has 4 atom stereocenters. The maximum atomic E-state index is 11.8. The van der Waals surface area contributed by atoms with E-state index in [-0.39, 0.29) is 5.82 Å². The third-order valence-corrected chi connectivity index (χ3v) is 3.20. The third kappa shape index (κ3) is 2.25. The number of anilines is 1. The number of nitrogens with two attached hydrogens (primary N) is 1. The zero-order chi connectivity index (χ0) is 14.2. The van der Waals surface area contributed by atoms with Gasteiger partial charge in [0, 0.05) is 11.8 Å². The Bertz CT molecular complexity index is 544. The highest BCUT2D eigenvalue weighted by molar-refractivity contribution is 5.56. The minimum absolute atomic E-state index is 0.0983. The molecule has 1 aromatic heterocycles. The first-order valence-corrected chi connectivity index (χ1v) is 5.74. The van der Waals surface area contributed by atoms with Crippen LogP contribution < -0.4 is 11.4 Å². The highest BCUT2D eigenvalue weighted by atomic mass is 16.5. The van der Waals surface area contributed by atoms with Gasteiger partial charge in [0.15, 0.2) is 6.23 Å². The number of nitrogens with zero attached hydrogens (tertiary/aromatic N) is 2. The number of aldehydes is 1. The van der Waals surface area contributed by atoms with E-state index < -0.39 is 36.7 Å². The van der Waals surface area contributed by atoms with Crippen LogP contribution in [-0.4, -0.2) is 44.9 Å². The lowest BCUT2D eigenvalue weighted by Crippen LogP contribution is -2.33. The van der Waals surface area contributed by atoms with E-state index in [1.807, 2.05) is 0 Å². The Morgan fingerprint density at radius 3 is 2.89 bits per heavy atom. The molecule has 1 saturated heterocycles. The molecule has 8 nitrogen and oxygen atoms in total. The monoisotopic (exact) mass is 269 g/mol. The van der Waals surface area contributed by atoms with Gasteiger partial charge >= 0.3 is 5.69 Å². The van der Waals surface area contributed by atoms with Gasteiger partial charge in [0.05, 0.1) is 18.6 Å². The molecule has 1 fully saturated rings. The van der Waals surface area contributed by atoms with Gasteiger partial charge in [-0.2, -0.15) is 4.98 Å². The molecule has 0 aromatic carbocycles. The fourth-order valence-electron chi connectivity index (χ4n) is 2.08. The molecule has 1 aromatic rings. The predicted molar refractivity (Wildman–Crippen MR) is 64.2 cm³/mol. The number of carbonyl (C=O) groups excluding carboxylic acids is 1. The maximum Gasteiger partial charge on any atom is 0.351 e. The van der Waals surface area contributed by atoms with Gasteiger partial charge in [0.1, 0.15) is 18.2 Å². The van der Waals surface area contributed by atoms with Crippen LogP contribution in [0.2, 0.25) is 0 Å². The van der Waals surface area contributed by atoms with Crippen LogP contribution in [0.5, 0.6) is 0 Å². The summed E-state index contributed by atoms with van der Waals surface area (Å²) in [6.45, 7) is 1.21. The Hall–Kier alpha value is -1.77. The van der Waals surface area contributed by atoms with Crippen molar-refractivity contribution < 1.29 is 19.7 Å². The van der Waals surface area contributed by atoms with Crippen molar-refractivity contribution in [1.82, 2.24) is 9.55 Å². The van der Waals surface area contributed by atoms with Gasteiger partial charge in [-0.05, 0) is 6.92 Å². The van der Waals surface area contributed by atoms with Crippen LogP contribution in [-0.2, 0) is 9.53 Å². The summed E-state index contributed by atoms with van der Waals surface area (Å²) in [5, 5.41) is 18.9. The first-order valence-electron chi connectivity index (χ1n) is 5.74. The first-order chi connectivity index (χ1) is 8.99. The number of carbonyl (C=O) groups is 1. The molecule has 0 radical (unpaired) electrons. The van der Waals surface area contributed by atoms with E-state index in [0.717, 1.165) is 4.57 Å². The quantitative estimate of drug-likeness (QED) is 0.552. The first kappa shape index (κ1) is 13.7. The lowest BCUT2D eigenvalue weighted by molar-refractivity contribution is -0.116. The number of hydrogen-bond donors (Lipinski definition) is 3. The highest BCUT2D eigenvalue weighted by Crippen LogP contribution is 2.32. The van der Waals surface area contributed by atoms with E-state index in [2.05, 4.69) is 4.98 Å². The Morgan fingerprint density at radius 1 is 1.63 bits per heavy atom. The van der Waals surface area contributed by atoms with Crippen molar-refractivity contribution in [2.24, 2.45) is 5.92 Å². The van der Waals surface area contributed by atoms with Gasteiger partial charge < -0.3 is 25.5 Å². The van der Waals surface area contributed by atoms with E-state index in [1.54, 1.807) is 6.92 Å². The number of hydrogen-bond acceptors (Lipinski definition) is 7. The second kappa shape index (κ2) is 5.08. The topological polar surface area (TPSA) is 128 Å². The molecule has 0 bridgehead atoms. The van der Waals surface area contributed by atoms with Gasteiger partial charge in [-0.15, -0.1) is 0 Å². The molecule has 2 heterocycles. The summed E-state index contributed by atoms with van der Waals surface area (Å²) in [6.07, 6.45) is -1.16. The van der Waals surface area contributed by atoms with Crippen LogP contribution in [0.1, 0.15) is 11.8 Å². The number of aliphatic hydroxyl groups is 2. The summed E-state index contributed by atoms with van der Waals surface area (Å²) in [5.41, 5.74) is 5.39. The molecule has 1 aliphatic heterocycles. The molecule has 0 aliphatic carbocycles. The highest BCUT2D eigenvalue weighted by Gasteiger charge is 2.44. The fraction of sp³-hybridized carbons (Fsp3) is 0.545. The average molecular weight is 269 g/mol. The minimum Gasteiger partial charge on any atom is -0.394 e. The van der Waals surface area contributed by atoms with E-state index in [0.29, 0.717) is 11.8 Å². The Balaban J connectivity index is 2.44. The largest absolute Gasteiger partial charge is 0.394 e. The van der Waals surface area contributed by atoms with Crippen LogP contribution in [0.3, 0.4) is 0 Å². The van der Waals surface area contributed by atoms with E-state index in [4.69, 9.17) is 15.6 Å². The summed E-state index contributed by atoms with van der Waals surface area (Å²) in [5.74, 6) is -0.846. The lowest BCUT2D eigenvalue weighted by Gasteiger charge is -2.17. The van der Waals surface area contributed by atoms with Gasteiger partial charge in [-0.3, -0.25) is 4.57 Å². The van der Waals surface area contributed by atoms with Crippen LogP contribution >= 0.6 is 0 Å². The molecule has 0 spiro atoms. The minimum atomic E-state index is -1.17.